The number of rotatable bonds is 13. The Morgan fingerprint density at radius 3 is 1.10 bits per heavy atom. The van der Waals surface area contributed by atoms with Gasteiger partial charge in [0.05, 0.1) is 22.8 Å². The van der Waals surface area contributed by atoms with E-state index in [1.165, 1.54) is 22.3 Å². The molecule has 0 unspecified atom stereocenters. The van der Waals surface area contributed by atoms with Gasteiger partial charge in [0.25, 0.3) is 0 Å². The molecule has 4 heterocycles. The molecule has 4 aromatic heterocycles. The fourth-order valence-corrected chi connectivity index (χ4v) is 11.2. The van der Waals surface area contributed by atoms with E-state index in [1.807, 2.05) is 61.1 Å². The highest BCUT2D eigenvalue weighted by Gasteiger charge is 2.23. The van der Waals surface area contributed by atoms with Crippen molar-refractivity contribution in [1.29, 1.82) is 0 Å². The molecule has 0 saturated carbocycles. The van der Waals surface area contributed by atoms with Gasteiger partial charge in [0.1, 0.15) is 0 Å². The highest BCUT2D eigenvalue weighted by Crippen LogP contribution is 2.48. The lowest BCUT2D eigenvalue weighted by Crippen LogP contribution is -2.12. The van der Waals surface area contributed by atoms with Crippen molar-refractivity contribution >= 4 is 17.1 Å². The van der Waals surface area contributed by atoms with Crippen LogP contribution in [0.4, 0.5) is 17.1 Å². The zero-order valence-electron chi connectivity index (χ0n) is 44.9. The van der Waals surface area contributed by atoms with Crippen molar-refractivity contribution in [3.8, 4) is 112 Å². The molecular weight excluding hydrogens is 985 g/mol. The number of aromatic nitrogens is 5. The first kappa shape index (κ1) is 49.9. The number of benzene rings is 9. The van der Waals surface area contributed by atoms with Gasteiger partial charge >= 0.3 is 0 Å². The van der Waals surface area contributed by atoms with Crippen LogP contribution in [0.15, 0.2) is 292 Å². The maximum atomic E-state index is 4.76. The van der Waals surface area contributed by atoms with Crippen molar-refractivity contribution in [2.24, 2.45) is 0 Å². The SMILES string of the molecule is Cc1cc(-c2ccccn2)ccc1-c1ccccc1-c1cc(-c2ccccc2-c2ccc(-c3ccccn3)cc2C)cc(-c2ccccc2-c2ccc(-c3ncccn3)cc2N(c2ccccc2)c2cccc(-c3ccccn3)c2)c1. The third-order valence-corrected chi connectivity index (χ3v) is 15.0. The van der Waals surface area contributed by atoms with E-state index in [-0.39, 0.29) is 0 Å². The minimum atomic E-state index is 0.645. The Kier molecular flexibility index (Phi) is 13.8. The summed E-state index contributed by atoms with van der Waals surface area (Å²) in [7, 11) is 0. The molecule has 384 valence electrons. The molecule has 0 fully saturated rings. The largest absolute Gasteiger partial charge is 0.310 e. The monoisotopic (exact) mass is 1040 g/mol. The number of hydrogen-bond acceptors (Lipinski definition) is 6. The molecule has 0 saturated heterocycles. The topological polar surface area (TPSA) is 67.7 Å². The Morgan fingerprint density at radius 1 is 0.235 bits per heavy atom. The van der Waals surface area contributed by atoms with E-state index in [2.05, 4.69) is 247 Å². The summed E-state index contributed by atoms with van der Waals surface area (Å²) in [6, 6.07) is 92.9. The Bertz CT molecular complexity index is 4210. The fraction of sp³-hybridized carbons (Fsp3) is 0.0267. The quantitative estimate of drug-likeness (QED) is 0.115. The minimum Gasteiger partial charge on any atom is -0.310 e. The molecule has 13 rings (SSSR count). The zero-order chi connectivity index (χ0) is 54.5. The van der Waals surface area contributed by atoms with Gasteiger partial charge in [0.15, 0.2) is 5.82 Å². The lowest BCUT2D eigenvalue weighted by atomic mass is 9.85. The smallest absolute Gasteiger partial charge is 0.159 e. The van der Waals surface area contributed by atoms with Gasteiger partial charge in [-0.1, -0.05) is 158 Å². The average Bonchev–Trinajstić information content (AvgIpc) is 3.55. The summed E-state index contributed by atoms with van der Waals surface area (Å²) in [4.78, 5) is 26.0. The average molecular weight is 1040 g/mol. The first-order valence-corrected chi connectivity index (χ1v) is 27.3. The van der Waals surface area contributed by atoms with Crippen LogP contribution in [0.3, 0.4) is 0 Å². The van der Waals surface area contributed by atoms with Gasteiger partial charge in [0, 0.05) is 70.2 Å². The molecule has 0 spiro atoms. The van der Waals surface area contributed by atoms with Crippen molar-refractivity contribution < 1.29 is 0 Å². The molecule has 13 aromatic rings. The highest BCUT2D eigenvalue weighted by atomic mass is 15.1. The van der Waals surface area contributed by atoms with E-state index in [0.717, 1.165) is 112 Å². The second-order valence-corrected chi connectivity index (χ2v) is 20.2. The number of pyridine rings is 3. The van der Waals surface area contributed by atoms with Crippen molar-refractivity contribution in [2.75, 3.05) is 4.90 Å². The Morgan fingerprint density at radius 2 is 0.630 bits per heavy atom. The maximum absolute atomic E-state index is 4.76. The standard InChI is InChI=1S/C75H54N6/c1-51-44-54(72-31-13-16-40-77-72)33-36-62(51)67-27-9-6-24-64(67)57-46-58(65-25-7-10-28-68(65)63-37-34-55(45-52(63)2)73-32-14-17-41-78-73)48-59(47-57)66-26-8-11-29-69(66)70-38-35-56(75-79-42-19-43-80-75)50-74(70)81(60-21-4-3-5-22-60)61-23-18-20-53(49-61)71-30-12-15-39-76-71/h3-50H,1-2H3. The molecule has 9 aromatic carbocycles. The summed E-state index contributed by atoms with van der Waals surface area (Å²) < 4.78 is 0. The van der Waals surface area contributed by atoms with E-state index >= 15 is 0 Å². The van der Waals surface area contributed by atoms with Crippen LogP contribution in [0.5, 0.6) is 0 Å². The fourth-order valence-electron chi connectivity index (χ4n) is 11.2. The van der Waals surface area contributed by atoms with E-state index in [0.29, 0.717) is 5.82 Å². The number of anilines is 3. The molecule has 0 N–H and O–H groups in total. The minimum absolute atomic E-state index is 0.645. The predicted octanol–water partition coefficient (Wildman–Crippen LogP) is 19.4. The van der Waals surface area contributed by atoms with Gasteiger partial charge in [-0.05, 0) is 189 Å². The molecular formula is C75H54N6. The molecule has 0 bridgehead atoms. The molecule has 6 nitrogen and oxygen atoms in total. The summed E-state index contributed by atoms with van der Waals surface area (Å²) >= 11 is 0. The molecule has 0 aliphatic carbocycles. The van der Waals surface area contributed by atoms with Gasteiger partial charge in [-0.3, -0.25) is 15.0 Å². The molecule has 0 aliphatic heterocycles. The van der Waals surface area contributed by atoms with Crippen LogP contribution in [-0.2, 0) is 0 Å². The first-order chi connectivity index (χ1) is 40.0. The molecule has 81 heavy (non-hydrogen) atoms. The Balaban J connectivity index is 1.03. The van der Waals surface area contributed by atoms with E-state index in [4.69, 9.17) is 15.0 Å². The van der Waals surface area contributed by atoms with Crippen LogP contribution in [0.25, 0.3) is 112 Å². The van der Waals surface area contributed by atoms with E-state index < -0.39 is 0 Å². The van der Waals surface area contributed by atoms with Gasteiger partial charge in [-0.15, -0.1) is 0 Å². The van der Waals surface area contributed by atoms with Crippen LogP contribution in [0.1, 0.15) is 11.1 Å². The van der Waals surface area contributed by atoms with Gasteiger partial charge < -0.3 is 4.90 Å². The predicted molar refractivity (Wildman–Crippen MR) is 334 cm³/mol. The Labute approximate surface area is 473 Å². The van der Waals surface area contributed by atoms with Crippen molar-refractivity contribution in [2.45, 2.75) is 13.8 Å². The van der Waals surface area contributed by atoms with Gasteiger partial charge in [-0.2, -0.15) is 0 Å². The first-order valence-electron chi connectivity index (χ1n) is 27.3. The molecule has 0 aliphatic rings. The normalized spacial score (nSPS) is 11.1. The van der Waals surface area contributed by atoms with Crippen LogP contribution in [0.2, 0.25) is 0 Å². The summed E-state index contributed by atoms with van der Waals surface area (Å²) in [6.07, 6.45) is 9.15. The van der Waals surface area contributed by atoms with E-state index in [9.17, 15) is 0 Å². The molecule has 0 amide bonds. The van der Waals surface area contributed by atoms with Crippen LogP contribution in [-0.4, -0.2) is 24.9 Å². The summed E-state index contributed by atoms with van der Waals surface area (Å²) in [6.45, 7) is 4.41. The van der Waals surface area contributed by atoms with Crippen molar-refractivity contribution in [3.63, 3.8) is 0 Å². The van der Waals surface area contributed by atoms with Crippen LogP contribution in [0, 0.1) is 13.8 Å². The van der Waals surface area contributed by atoms with E-state index in [1.54, 1.807) is 12.4 Å². The molecule has 6 heteroatoms. The number of hydrogen-bond donors (Lipinski definition) is 0. The van der Waals surface area contributed by atoms with Gasteiger partial charge in [0.2, 0.25) is 0 Å². The summed E-state index contributed by atoms with van der Waals surface area (Å²) in [5.41, 5.74) is 25.6. The van der Waals surface area contributed by atoms with Gasteiger partial charge in [-0.25, -0.2) is 9.97 Å². The maximum Gasteiger partial charge on any atom is 0.159 e. The lowest BCUT2D eigenvalue weighted by Gasteiger charge is -2.29. The number of nitrogens with zero attached hydrogens (tertiary/aromatic N) is 6. The number of aryl methyl sites for hydroxylation is 2. The second kappa shape index (κ2) is 22.3. The van der Waals surface area contributed by atoms with Crippen molar-refractivity contribution in [3.05, 3.63) is 303 Å². The van der Waals surface area contributed by atoms with Crippen LogP contribution >= 0.6 is 0 Å². The third-order valence-electron chi connectivity index (χ3n) is 15.0. The molecule has 0 radical (unpaired) electrons. The molecule has 0 atom stereocenters. The van der Waals surface area contributed by atoms with Crippen LogP contribution < -0.4 is 4.90 Å². The summed E-state index contributed by atoms with van der Waals surface area (Å²) in [5, 5.41) is 0. The summed E-state index contributed by atoms with van der Waals surface area (Å²) in [5.74, 6) is 0.645. The second-order valence-electron chi connectivity index (χ2n) is 20.2. The zero-order valence-corrected chi connectivity index (χ0v) is 44.9. The highest BCUT2D eigenvalue weighted by molar-refractivity contribution is 5.99. The van der Waals surface area contributed by atoms with Crippen molar-refractivity contribution in [1.82, 2.24) is 24.9 Å². The Hall–Kier alpha value is -10.7. The number of para-hydroxylation sites is 1. The third kappa shape index (κ3) is 10.2. The lowest BCUT2D eigenvalue weighted by molar-refractivity contribution is 1.17.